The zero-order chi connectivity index (χ0) is 20.5. The highest BCUT2D eigenvalue weighted by molar-refractivity contribution is 4.95. The van der Waals surface area contributed by atoms with Crippen LogP contribution in [0, 0.1) is 0 Å². The van der Waals surface area contributed by atoms with Gasteiger partial charge >= 0.3 is 18.4 Å². The molecule has 0 saturated heterocycles. The fraction of sp³-hybridized carbons (Fsp3) is 0.857. The van der Waals surface area contributed by atoms with Crippen molar-refractivity contribution in [3.63, 3.8) is 0 Å². The highest BCUT2D eigenvalue weighted by Gasteiger charge is 2.46. The lowest BCUT2D eigenvalue weighted by Crippen LogP contribution is -2.44. The third-order valence-corrected chi connectivity index (χ3v) is 2.99. The Hall–Kier alpha value is -1.13. The van der Waals surface area contributed by atoms with Crippen molar-refractivity contribution in [3.05, 3.63) is 12.0 Å². The van der Waals surface area contributed by atoms with Crippen LogP contribution in [0.1, 0.15) is 34.1 Å². The lowest BCUT2D eigenvalue weighted by molar-refractivity contribution is -0.235. The van der Waals surface area contributed by atoms with Crippen molar-refractivity contribution in [2.75, 3.05) is 26.2 Å². The molecular weight excluding hydrogens is 367 g/mol. The van der Waals surface area contributed by atoms with E-state index in [0.717, 1.165) is 4.90 Å². The first-order chi connectivity index (χ1) is 11.1. The SMILES string of the molecule is CCN(CC)/C(F)=C/C(F)(F)F.CCN(CC)C(F)(F)CC(F)(F)F. The quantitative estimate of drug-likeness (QED) is 0.414. The van der Waals surface area contributed by atoms with Gasteiger partial charge in [0.1, 0.15) is 6.42 Å². The van der Waals surface area contributed by atoms with Crippen LogP contribution < -0.4 is 0 Å². The van der Waals surface area contributed by atoms with Crippen LogP contribution in [0.15, 0.2) is 12.0 Å². The maximum absolute atomic E-state index is 12.8. The Labute approximate surface area is 141 Å². The number of allylic oxidation sites excluding steroid dienone is 1. The summed E-state index contributed by atoms with van der Waals surface area (Å²) >= 11 is 0. The number of alkyl halides is 8. The molecule has 0 aliphatic heterocycles. The highest BCUT2D eigenvalue weighted by atomic mass is 19.4. The van der Waals surface area contributed by atoms with E-state index in [-0.39, 0.29) is 32.3 Å². The Kier molecular flexibility index (Phi) is 11.2. The van der Waals surface area contributed by atoms with Gasteiger partial charge in [-0.15, -0.1) is 0 Å². The van der Waals surface area contributed by atoms with E-state index in [1.807, 2.05) is 0 Å². The van der Waals surface area contributed by atoms with Gasteiger partial charge in [0.15, 0.2) is 5.95 Å². The van der Waals surface area contributed by atoms with Crippen molar-refractivity contribution in [2.45, 2.75) is 52.5 Å². The maximum Gasteiger partial charge on any atom is 0.414 e. The normalized spacial score (nSPS) is 13.6. The summed E-state index contributed by atoms with van der Waals surface area (Å²) in [5.74, 6) is -1.23. The molecule has 2 nitrogen and oxygen atoms in total. The number of hydrogen-bond acceptors (Lipinski definition) is 2. The summed E-state index contributed by atoms with van der Waals surface area (Å²) < 4.78 is 108. The molecule has 25 heavy (non-hydrogen) atoms. The second-order valence-corrected chi connectivity index (χ2v) is 4.81. The van der Waals surface area contributed by atoms with Crippen molar-refractivity contribution in [1.29, 1.82) is 0 Å². The molecule has 0 unspecified atom stereocenters. The number of nitrogens with zero attached hydrogens (tertiary/aromatic N) is 2. The van der Waals surface area contributed by atoms with Gasteiger partial charge in [-0.25, -0.2) is 4.90 Å². The second-order valence-electron chi connectivity index (χ2n) is 4.81. The van der Waals surface area contributed by atoms with Crippen molar-refractivity contribution in [1.82, 2.24) is 9.80 Å². The van der Waals surface area contributed by atoms with Crippen LogP contribution in [-0.4, -0.2) is 54.4 Å². The third kappa shape index (κ3) is 12.8. The first-order valence-electron chi connectivity index (χ1n) is 7.53. The number of halogens is 9. The smallest absolute Gasteiger partial charge is 0.349 e. The molecule has 0 rings (SSSR count). The van der Waals surface area contributed by atoms with Gasteiger partial charge < -0.3 is 4.90 Å². The average Bonchev–Trinajstić information content (AvgIpc) is 2.36. The molecule has 0 aromatic carbocycles. The minimum absolute atomic E-state index is 0.0976. The van der Waals surface area contributed by atoms with Gasteiger partial charge in [0, 0.05) is 26.2 Å². The van der Waals surface area contributed by atoms with Crippen molar-refractivity contribution >= 4 is 0 Å². The summed E-state index contributed by atoms with van der Waals surface area (Å²) in [4.78, 5) is 1.48. The van der Waals surface area contributed by atoms with Gasteiger partial charge in [-0.3, -0.25) is 0 Å². The first-order valence-corrected chi connectivity index (χ1v) is 7.53. The zero-order valence-corrected chi connectivity index (χ0v) is 14.4. The van der Waals surface area contributed by atoms with Gasteiger partial charge in [-0.05, 0) is 13.8 Å². The predicted molar refractivity (Wildman–Crippen MR) is 76.7 cm³/mol. The van der Waals surface area contributed by atoms with E-state index in [1.54, 1.807) is 13.8 Å². The van der Waals surface area contributed by atoms with E-state index < -0.39 is 30.8 Å². The van der Waals surface area contributed by atoms with Gasteiger partial charge in [0.2, 0.25) is 0 Å². The monoisotopic (exact) mass is 390 g/mol. The van der Waals surface area contributed by atoms with E-state index in [1.165, 1.54) is 13.8 Å². The molecule has 0 aromatic rings. The molecule has 0 bridgehead atoms. The molecule has 0 aliphatic carbocycles. The zero-order valence-electron chi connectivity index (χ0n) is 14.4. The number of hydrogen-bond donors (Lipinski definition) is 0. The third-order valence-electron chi connectivity index (χ3n) is 2.99. The second kappa shape index (κ2) is 10.8. The average molecular weight is 390 g/mol. The van der Waals surface area contributed by atoms with Crippen molar-refractivity contribution < 1.29 is 39.5 Å². The fourth-order valence-corrected chi connectivity index (χ4v) is 1.79. The van der Waals surface area contributed by atoms with Crippen LogP contribution in [-0.2, 0) is 0 Å². The summed E-state index contributed by atoms with van der Waals surface area (Å²) in [6.07, 6.45) is -11.8. The Morgan fingerprint density at radius 3 is 1.40 bits per heavy atom. The first kappa shape index (κ1) is 26.1. The van der Waals surface area contributed by atoms with Crippen LogP contribution in [0.2, 0.25) is 0 Å². The molecule has 0 amide bonds. The molecule has 0 saturated carbocycles. The lowest BCUT2D eigenvalue weighted by atomic mass is 10.3. The Morgan fingerprint density at radius 1 is 0.760 bits per heavy atom. The molecule has 0 heterocycles. The van der Waals surface area contributed by atoms with Crippen LogP contribution in [0.3, 0.4) is 0 Å². The van der Waals surface area contributed by atoms with Crippen molar-refractivity contribution in [3.8, 4) is 0 Å². The van der Waals surface area contributed by atoms with Crippen LogP contribution in [0.25, 0.3) is 0 Å². The molecule has 0 N–H and O–H groups in total. The molecule has 11 heteroatoms. The maximum atomic E-state index is 12.8. The topological polar surface area (TPSA) is 6.48 Å². The van der Waals surface area contributed by atoms with E-state index in [9.17, 15) is 39.5 Å². The summed E-state index contributed by atoms with van der Waals surface area (Å²) in [6, 6.07) is -3.79. The van der Waals surface area contributed by atoms with Crippen LogP contribution >= 0.6 is 0 Å². The lowest BCUT2D eigenvalue weighted by Gasteiger charge is -2.29. The number of rotatable bonds is 7. The fourth-order valence-electron chi connectivity index (χ4n) is 1.79. The standard InChI is InChI=1S/C7H12F5N.C7H11F4N/c1-3-13(4-2)7(11,12)5-6(8,9)10;1-3-12(4-2)6(8)5-7(9,10)11/h3-5H2,1-2H3;5H,3-4H2,1-2H3/b;6-5+. The summed E-state index contributed by atoms with van der Waals surface area (Å²) in [7, 11) is 0. The summed E-state index contributed by atoms with van der Waals surface area (Å²) in [6.45, 7) is 6.24. The predicted octanol–water partition coefficient (Wildman–Crippen LogP) is 5.57. The van der Waals surface area contributed by atoms with Gasteiger partial charge in [-0.1, -0.05) is 13.8 Å². The molecule has 152 valence electrons. The minimum Gasteiger partial charge on any atom is -0.349 e. The Bertz CT molecular complexity index is 381. The Morgan fingerprint density at radius 2 is 1.16 bits per heavy atom. The molecular formula is C14H23F9N2. The molecule has 0 radical (unpaired) electrons. The van der Waals surface area contributed by atoms with Crippen molar-refractivity contribution in [2.24, 2.45) is 0 Å². The van der Waals surface area contributed by atoms with Gasteiger partial charge in [-0.2, -0.15) is 39.5 Å². The molecule has 0 spiro atoms. The van der Waals surface area contributed by atoms with Gasteiger partial charge in [0.25, 0.3) is 0 Å². The van der Waals surface area contributed by atoms with E-state index in [0.29, 0.717) is 4.90 Å². The summed E-state index contributed by atoms with van der Waals surface area (Å²) in [5.41, 5.74) is 0. The highest BCUT2D eigenvalue weighted by Crippen LogP contribution is 2.33. The molecule has 0 aliphatic rings. The van der Waals surface area contributed by atoms with E-state index in [4.69, 9.17) is 0 Å². The molecule has 0 atom stereocenters. The van der Waals surface area contributed by atoms with E-state index in [2.05, 4.69) is 0 Å². The summed E-state index contributed by atoms with van der Waals surface area (Å²) in [5, 5.41) is 0. The molecule has 0 fully saturated rings. The van der Waals surface area contributed by atoms with Crippen LogP contribution in [0.4, 0.5) is 39.5 Å². The largest absolute Gasteiger partial charge is 0.414 e. The van der Waals surface area contributed by atoms with E-state index >= 15 is 0 Å². The Balaban J connectivity index is 0. The molecule has 0 aromatic heterocycles. The minimum atomic E-state index is -4.83. The van der Waals surface area contributed by atoms with Crippen LogP contribution in [0.5, 0.6) is 0 Å². The van der Waals surface area contributed by atoms with Gasteiger partial charge in [0.05, 0.1) is 6.08 Å².